The van der Waals surface area contributed by atoms with Crippen molar-refractivity contribution < 1.29 is 0 Å². The maximum atomic E-state index is 4.16. The lowest BCUT2D eigenvalue weighted by Gasteiger charge is -2.07. The van der Waals surface area contributed by atoms with Crippen LogP contribution in [0, 0.1) is 6.92 Å². The van der Waals surface area contributed by atoms with E-state index in [0.29, 0.717) is 0 Å². The van der Waals surface area contributed by atoms with Crippen LogP contribution in [0.15, 0.2) is 0 Å². The maximum absolute atomic E-state index is 4.16. The molecule has 0 saturated carbocycles. The largest absolute Gasteiger partial charge is 0.314 e. The molecule has 80 valence electrons. The zero-order valence-electron chi connectivity index (χ0n) is 9.38. The molecule has 0 aliphatic rings. The molecule has 4 nitrogen and oxygen atoms in total. The van der Waals surface area contributed by atoms with Gasteiger partial charge in [0.2, 0.25) is 0 Å². The molecule has 1 N–H and O–H groups in total. The summed E-state index contributed by atoms with van der Waals surface area (Å²) >= 11 is 0. The van der Waals surface area contributed by atoms with Crippen LogP contribution in [0.3, 0.4) is 0 Å². The minimum atomic E-state index is 0.828. The van der Waals surface area contributed by atoms with E-state index in [1.54, 1.807) is 0 Å². The van der Waals surface area contributed by atoms with Crippen LogP contribution in [0.4, 0.5) is 0 Å². The molecule has 0 amide bonds. The van der Waals surface area contributed by atoms with Gasteiger partial charge in [-0.3, -0.25) is 0 Å². The Bertz CT molecular complexity index is 267. The van der Waals surface area contributed by atoms with E-state index in [4.69, 9.17) is 0 Å². The summed E-state index contributed by atoms with van der Waals surface area (Å²) in [5, 5.41) is 11.6. The predicted molar refractivity (Wildman–Crippen MR) is 57.0 cm³/mol. The van der Waals surface area contributed by atoms with E-state index in [2.05, 4.69) is 33.9 Å². The summed E-state index contributed by atoms with van der Waals surface area (Å²) in [5.74, 6) is 2.07. The molecule has 0 unspecified atom stereocenters. The predicted octanol–water partition coefficient (Wildman–Crippen LogP) is 1.50. The first-order chi connectivity index (χ1) is 6.79. The van der Waals surface area contributed by atoms with Gasteiger partial charge in [0.25, 0.3) is 0 Å². The standard InChI is InChI=1S/C10H20N4/c1-4-6-11-8-10-13-12-9(3)14(10)7-5-2/h11H,4-8H2,1-3H3. The van der Waals surface area contributed by atoms with Crippen LogP contribution in [0.25, 0.3) is 0 Å². The van der Waals surface area contributed by atoms with Gasteiger partial charge < -0.3 is 9.88 Å². The molecule has 14 heavy (non-hydrogen) atoms. The van der Waals surface area contributed by atoms with E-state index in [9.17, 15) is 0 Å². The average molecular weight is 196 g/mol. The lowest BCUT2D eigenvalue weighted by atomic mass is 10.4. The van der Waals surface area contributed by atoms with E-state index in [1.165, 1.54) is 0 Å². The van der Waals surface area contributed by atoms with Crippen LogP contribution in [0.2, 0.25) is 0 Å². The fourth-order valence-corrected chi connectivity index (χ4v) is 1.45. The molecule has 0 atom stereocenters. The highest BCUT2D eigenvalue weighted by molar-refractivity contribution is 4.93. The molecule has 0 fully saturated rings. The summed E-state index contributed by atoms with van der Waals surface area (Å²) in [7, 11) is 0. The van der Waals surface area contributed by atoms with E-state index in [-0.39, 0.29) is 0 Å². The van der Waals surface area contributed by atoms with Crippen LogP contribution in [-0.4, -0.2) is 21.3 Å². The number of hydrogen-bond acceptors (Lipinski definition) is 3. The Labute approximate surface area is 85.7 Å². The van der Waals surface area contributed by atoms with Crippen molar-refractivity contribution in [2.75, 3.05) is 6.54 Å². The number of aromatic nitrogens is 3. The molecular formula is C10H20N4. The highest BCUT2D eigenvalue weighted by Crippen LogP contribution is 2.02. The van der Waals surface area contributed by atoms with Gasteiger partial charge >= 0.3 is 0 Å². The second kappa shape index (κ2) is 5.75. The van der Waals surface area contributed by atoms with E-state index >= 15 is 0 Å². The van der Waals surface area contributed by atoms with Gasteiger partial charge in [0.1, 0.15) is 11.6 Å². The lowest BCUT2D eigenvalue weighted by molar-refractivity contribution is 0.578. The van der Waals surface area contributed by atoms with Crippen molar-refractivity contribution in [3.63, 3.8) is 0 Å². The summed E-state index contributed by atoms with van der Waals surface area (Å²) in [6, 6.07) is 0. The Hall–Kier alpha value is -0.900. The third-order valence-corrected chi connectivity index (χ3v) is 2.17. The summed E-state index contributed by atoms with van der Waals surface area (Å²) in [5.41, 5.74) is 0. The number of nitrogens with one attached hydrogen (secondary N) is 1. The first-order valence-electron chi connectivity index (χ1n) is 5.39. The van der Waals surface area contributed by atoms with Gasteiger partial charge in [-0.1, -0.05) is 13.8 Å². The Morgan fingerprint density at radius 2 is 2.00 bits per heavy atom. The molecular weight excluding hydrogens is 176 g/mol. The fourth-order valence-electron chi connectivity index (χ4n) is 1.45. The van der Waals surface area contributed by atoms with Gasteiger partial charge in [-0.25, -0.2) is 0 Å². The molecule has 1 aromatic heterocycles. The minimum Gasteiger partial charge on any atom is -0.314 e. The summed E-state index contributed by atoms with van der Waals surface area (Å²) in [6.45, 7) is 9.22. The summed E-state index contributed by atoms with van der Waals surface area (Å²) in [6.07, 6.45) is 2.28. The number of aryl methyl sites for hydroxylation is 1. The van der Waals surface area contributed by atoms with Gasteiger partial charge in [0.05, 0.1) is 6.54 Å². The Morgan fingerprint density at radius 3 is 2.64 bits per heavy atom. The van der Waals surface area contributed by atoms with Crippen molar-refractivity contribution in [3.8, 4) is 0 Å². The lowest BCUT2D eigenvalue weighted by Crippen LogP contribution is -2.18. The van der Waals surface area contributed by atoms with Gasteiger partial charge in [0.15, 0.2) is 0 Å². The van der Waals surface area contributed by atoms with Crippen LogP contribution in [0.5, 0.6) is 0 Å². The van der Waals surface area contributed by atoms with Gasteiger partial charge in [-0.15, -0.1) is 10.2 Å². The van der Waals surface area contributed by atoms with Crippen molar-refractivity contribution in [2.45, 2.75) is 46.7 Å². The summed E-state index contributed by atoms with van der Waals surface area (Å²) in [4.78, 5) is 0. The molecule has 0 radical (unpaired) electrons. The molecule has 0 aliphatic carbocycles. The van der Waals surface area contributed by atoms with Crippen LogP contribution in [0.1, 0.15) is 38.3 Å². The monoisotopic (exact) mass is 196 g/mol. The van der Waals surface area contributed by atoms with Crippen molar-refractivity contribution in [1.82, 2.24) is 20.1 Å². The SMILES string of the molecule is CCCNCc1nnc(C)n1CCC. The second-order valence-corrected chi connectivity index (χ2v) is 3.49. The van der Waals surface area contributed by atoms with E-state index < -0.39 is 0 Å². The van der Waals surface area contributed by atoms with Gasteiger partial charge in [-0.05, 0) is 26.3 Å². The fraction of sp³-hybridized carbons (Fsp3) is 0.800. The number of hydrogen-bond donors (Lipinski definition) is 1. The minimum absolute atomic E-state index is 0.828. The molecule has 0 aliphatic heterocycles. The Morgan fingerprint density at radius 1 is 1.21 bits per heavy atom. The van der Waals surface area contributed by atoms with Crippen molar-refractivity contribution in [1.29, 1.82) is 0 Å². The molecule has 0 bridgehead atoms. The van der Waals surface area contributed by atoms with Crippen LogP contribution >= 0.6 is 0 Å². The van der Waals surface area contributed by atoms with E-state index in [1.807, 2.05) is 6.92 Å². The zero-order chi connectivity index (χ0) is 10.4. The Balaban J connectivity index is 2.56. The third-order valence-electron chi connectivity index (χ3n) is 2.17. The molecule has 0 spiro atoms. The average Bonchev–Trinajstić information content (AvgIpc) is 2.51. The van der Waals surface area contributed by atoms with Crippen molar-refractivity contribution >= 4 is 0 Å². The first-order valence-corrected chi connectivity index (χ1v) is 5.39. The maximum Gasteiger partial charge on any atom is 0.146 e. The molecule has 0 saturated heterocycles. The zero-order valence-corrected chi connectivity index (χ0v) is 9.38. The number of nitrogens with zero attached hydrogens (tertiary/aromatic N) is 3. The second-order valence-electron chi connectivity index (χ2n) is 3.49. The highest BCUT2D eigenvalue weighted by Gasteiger charge is 2.06. The third kappa shape index (κ3) is 2.80. The smallest absolute Gasteiger partial charge is 0.146 e. The highest BCUT2D eigenvalue weighted by atomic mass is 15.3. The van der Waals surface area contributed by atoms with Crippen molar-refractivity contribution in [2.24, 2.45) is 0 Å². The molecule has 1 rings (SSSR count). The van der Waals surface area contributed by atoms with Gasteiger partial charge in [-0.2, -0.15) is 0 Å². The summed E-state index contributed by atoms with van der Waals surface area (Å²) < 4.78 is 2.18. The first kappa shape index (κ1) is 11.2. The normalized spacial score (nSPS) is 10.8. The number of rotatable bonds is 6. The van der Waals surface area contributed by atoms with Crippen molar-refractivity contribution in [3.05, 3.63) is 11.6 Å². The molecule has 0 aromatic carbocycles. The van der Waals surface area contributed by atoms with Crippen LogP contribution < -0.4 is 5.32 Å². The van der Waals surface area contributed by atoms with Gasteiger partial charge in [0, 0.05) is 6.54 Å². The molecule has 4 heteroatoms. The van der Waals surface area contributed by atoms with E-state index in [0.717, 1.165) is 44.1 Å². The topological polar surface area (TPSA) is 42.7 Å². The molecule has 1 aromatic rings. The Kier molecular flexibility index (Phi) is 4.59. The van der Waals surface area contributed by atoms with Crippen LogP contribution in [-0.2, 0) is 13.1 Å². The molecule has 1 heterocycles. The quantitative estimate of drug-likeness (QED) is 0.701.